The van der Waals surface area contributed by atoms with E-state index in [4.69, 9.17) is 25.8 Å². The fourth-order valence-corrected chi connectivity index (χ4v) is 4.25. The number of carbonyl (C=O) groups is 1. The Labute approximate surface area is 233 Å². The zero-order chi connectivity index (χ0) is 25.8. The molecule has 0 unspecified atom stereocenters. The molecular weight excluding hydrogens is 667 g/mol. The lowest BCUT2D eigenvalue weighted by atomic mass is 10.1. The fraction of sp³-hybridized carbons (Fsp3) is 0.120. The first-order chi connectivity index (χ1) is 17.2. The first-order valence-electron chi connectivity index (χ1n) is 10.6. The number of non-ortho nitro benzene ring substituents is 1. The molecule has 0 bridgehead atoms. The highest BCUT2D eigenvalue weighted by molar-refractivity contribution is 14.1. The van der Waals surface area contributed by atoms with Crippen LogP contribution in [0.2, 0.25) is 5.02 Å². The molecule has 3 aromatic rings. The van der Waals surface area contributed by atoms with Gasteiger partial charge in [0.05, 0.1) is 16.6 Å². The van der Waals surface area contributed by atoms with Crippen molar-refractivity contribution >= 4 is 73.8 Å². The lowest BCUT2D eigenvalue weighted by Gasteiger charge is -2.14. The molecule has 0 fully saturated rings. The van der Waals surface area contributed by atoms with Crippen LogP contribution in [0.3, 0.4) is 0 Å². The molecule has 11 heteroatoms. The van der Waals surface area contributed by atoms with Crippen LogP contribution in [0.15, 0.2) is 69.8 Å². The first-order valence-corrected chi connectivity index (χ1v) is 12.8. The van der Waals surface area contributed by atoms with E-state index in [1.165, 1.54) is 12.1 Å². The van der Waals surface area contributed by atoms with E-state index in [-0.39, 0.29) is 28.9 Å². The molecule has 0 saturated carbocycles. The molecule has 4 rings (SSSR count). The minimum absolute atomic E-state index is 0.00455. The van der Waals surface area contributed by atoms with Crippen LogP contribution < -0.4 is 9.47 Å². The predicted octanol–water partition coefficient (Wildman–Crippen LogP) is 6.94. The Kier molecular flexibility index (Phi) is 8.27. The molecule has 1 heterocycles. The summed E-state index contributed by atoms with van der Waals surface area (Å²) in [5.74, 6) is 0.339. The molecule has 0 N–H and O–H groups in total. The Morgan fingerprint density at radius 2 is 1.92 bits per heavy atom. The molecule has 0 saturated heterocycles. The van der Waals surface area contributed by atoms with Crippen molar-refractivity contribution in [1.82, 2.24) is 0 Å². The number of aliphatic imine (C=N–C) groups is 1. The molecule has 0 amide bonds. The molecule has 0 radical (unpaired) electrons. The fourth-order valence-electron chi connectivity index (χ4n) is 3.26. The van der Waals surface area contributed by atoms with Crippen LogP contribution in [0.5, 0.6) is 11.5 Å². The quantitative estimate of drug-likeness (QED) is 0.0839. The van der Waals surface area contributed by atoms with Gasteiger partial charge >= 0.3 is 5.97 Å². The number of hydrogen-bond acceptors (Lipinski definition) is 7. The van der Waals surface area contributed by atoms with Gasteiger partial charge < -0.3 is 14.2 Å². The number of halogens is 3. The van der Waals surface area contributed by atoms with E-state index in [0.29, 0.717) is 29.2 Å². The van der Waals surface area contributed by atoms with Crippen molar-refractivity contribution in [2.45, 2.75) is 13.5 Å². The van der Waals surface area contributed by atoms with Crippen molar-refractivity contribution < 1.29 is 23.9 Å². The minimum atomic E-state index is -0.577. The lowest BCUT2D eigenvalue weighted by molar-refractivity contribution is -0.384. The molecule has 36 heavy (non-hydrogen) atoms. The Morgan fingerprint density at radius 3 is 2.58 bits per heavy atom. The van der Waals surface area contributed by atoms with E-state index in [0.717, 1.165) is 13.6 Å². The van der Waals surface area contributed by atoms with Gasteiger partial charge in [-0.3, -0.25) is 10.1 Å². The van der Waals surface area contributed by atoms with Crippen molar-refractivity contribution in [3.05, 3.63) is 100 Å². The smallest absolute Gasteiger partial charge is 0.363 e. The topological polar surface area (TPSA) is 100 Å². The third-order valence-electron chi connectivity index (χ3n) is 4.95. The van der Waals surface area contributed by atoms with Crippen molar-refractivity contribution in [2.75, 3.05) is 6.61 Å². The van der Waals surface area contributed by atoms with Gasteiger partial charge in [0.2, 0.25) is 5.90 Å². The van der Waals surface area contributed by atoms with Gasteiger partial charge in [-0.15, -0.1) is 0 Å². The number of benzene rings is 3. The summed E-state index contributed by atoms with van der Waals surface area (Å²) in [6.07, 6.45) is 1.56. The number of cyclic esters (lactones) is 1. The number of hydrogen-bond donors (Lipinski definition) is 0. The van der Waals surface area contributed by atoms with Crippen LogP contribution in [-0.4, -0.2) is 23.4 Å². The molecule has 0 aromatic heterocycles. The predicted molar refractivity (Wildman–Crippen MR) is 148 cm³/mol. The monoisotopic (exact) mass is 682 g/mol. The second kappa shape index (κ2) is 11.4. The Bertz CT molecular complexity index is 1410. The molecule has 0 spiro atoms. The molecule has 8 nitrogen and oxygen atoms in total. The molecule has 3 aromatic carbocycles. The van der Waals surface area contributed by atoms with Gasteiger partial charge in [0.25, 0.3) is 5.69 Å². The van der Waals surface area contributed by atoms with E-state index in [1.54, 1.807) is 30.3 Å². The molecule has 1 aliphatic rings. The number of carbonyl (C=O) groups excluding carboxylic acids is 1. The Balaban J connectivity index is 1.58. The number of nitro groups is 1. The number of nitro benzene ring substituents is 1. The van der Waals surface area contributed by atoms with E-state index in [1.807, 2.05) is 25.1 Å². The largest absolute Gasteiger partial charge is 0.490 e. The Morgan fingerprint density at radius 1 is 1.17 bits per heavy atom. The third-order valence-corrected chi connectivity index (χ3v) is 7.57. The molecular formula is C25H17BrClIN2O6. The van der Waals surface area contributed by atoms with Gasteiger partial charge in [0.15, 0.2) is 17.2 Å². The van der Waals surface area contributed by atoms with Crippen LogP contribution in [0.25, 0.3) is 6.08 Å². The van der Waals surface area contributed by atoms with Crippen molar-refractivity contribution in [1.29, 1.82) is 0 Å². The maximum atomic E-state index is 12.5. The first kappa shape index (κ1) is 26.1. The van der Waals surface area contributed by atoms with Gasteiger partial charge in [-0.2, -0.15) is 0 Å². The van der Waals surface area contributed by atoms with E-state index in [2.05, 4.69) is 43.5 Å². The van der Waals surface area contributed by atoms with Crippen LogP contribution in [0.4, 0.5) is 5.69 Å². The summed E-state index contributed by atoms with van der Waals surface area (Å²) in [5, 5.41) is 11.1. The van der Waals surface area contributed by atoms with E-state index in [9.17, 15) is 14.9 Å². The highest BCUT2D eigenvalue weighted by Gasteiger charge is 2.25. The van der Waals surface area contributed by atoms with Crippen molar-refractivity contribution in [3.8, 4) is 11.5 Å². The summed E-state index contributed by atoms with van der Waals surface area (Å²) in [6.45, 7) is 2.31. The van der Waals surface area contributed by atoms with Gasteiger partial charge in [0.1, 0.15) is 6.61 Å². The second-order valence-corrected chi connectivity index (χ2v) is 9.86. The zero-order valence-electron chi connectivity index (χ0n) is 18.7. The maximum Gasteiger partial charge on any atom is 0.363 e. The number of nitrogens with zero attached hydrogens (tertiary/aromatic N) is 2. The maximum absolute atomic E-state index is 12.5. The highest BCUT2D eigenvalue weighted by Crippen LogP contribution is 2.38. The normalized spacial score (nSPS) is 13.9. The summed E-state index contributed by atoms with van der Waals surface area (Å²) in [4.78, 5) is 27.2. The van der Waals surface area contributed by atoms with E-state index >= 15 is 0 Å². The van der Waals surface area contributed by atoms with Crippen LogP contribution in [0, 0.1) is 13.7 Å². The second-order valence-electron chi connectivity index (χ2n) is 7.44. The third kappa shape index (κ3) is 6.05. The summed E-state index contributed by atoms with van der Waals surface area (Å²) < 4.78 is 18.8. The standard InChI is InChI=1S/C25H17BrClIN2O6/c1-2-34-22-11-15(9-19(27)23(22)35-13-14-3-6-17(7-4-14)30(32)33)10-21-25(31)36-24(29-21)16-5-8-20(28)18(26)12-16/h3-12H,2,13H2,1H3/b21-10-. The highest BCUT2D eigenvalue weighted by atomic mass is 127. The summed E-state index contributed by atoms with van der Waals surface area (Å²) in [5.41, 5.74) is 2.09. The number of esters is 1. The average Bonchev–Trinajstić information content (AvgIpc) is 3.20. The summed E-state index contributed by atoms with van der Waals surface area (Å²) in [7, 11) is 0. The zero-order valence-corrected chi connectivity index (χ0v) is 23.2. The number of ether oxygens (including phenoxy) is 3. The van der Waals surface area contributed by atoms with Gasteiger partial charge in [-0.1, -0.05) is 11.6 Å². The SMILES string of the molecule is CCOc1cc(/C=C2\N=C(c3ccc(I)c(Br)c3)OC2=O)cc(Cl)c1OCc1ccc([N+](=O)[O-])cc1. The van der Waals surface area contributed by atoms with Gasteiger partial charge in [-0.25, -0.2) is 9.79 Å². The van der Waals surface area contributed by atoms with Crippen molar-refractivity contribution in [2.24, 2.45) is 4.99 Å². The molecule has 0 aliphatic carbocycles. The molecule has 1 aliphatic heterocycles. The van der Waals surface area contributed by atoms with Crippen molar-refractivity contribution in [3.63, 3.8) is 0 Å². The summed E-state index contributed by atoms with van der Waals surface area (Å²) in [6, 6.07) is 14.9. The number of rotatable bonds is 8. The summed E-state index contributed by atoms with van der Waals surface area (Å²) >= 11 is 12.2. The Hall–Kier alpha value is -2.96. The van der Waals surface area contributed by atoms with Crippen LogP contribution in [0.1, 0.15) is 23.6 Å². The van der Waals surface area contributed by atoms with E-state index < -0.39 is 10.9 Å². The van der Waals surface area contributed by atoms with Crippen LogP contribution in [-0.2, 0) is 16.1 Å². The molecule has 184 valence electrons. The lowest BCUT2D eigenvalue weighted by Crippen LogP contribution is -2.05. The molecule has 0 atom stereocenters. The minimum Gasteiger partial charge on any atom is -0.490 e. The van der Waals surface area contributed by atoms with Crippen LogP contribution >= 0.6 is 50.1 Å². The van der Waals surface area contributed by atoms with Gasteiger partial charge in [-0.05, 0) is 105 Å². The van der Waals surface area contributed by atoms with Gasteiger partial charge in [0, 0.05) is 25.7 Å². The average molecular weight is 684 g/mol.